The molecule has 0 radical (unpaired) electrons. The molecule has 0 unspecified atom stereocenters. The lowest BCUT2D eigenvalue weighted by molar-refractivity contribution is 0.282. The summed E-state index contributed by atoms with van der Waals surface area (Å²) in [6.45, 7) is -0.177. The smallest absolute Gasteiger partial charge is 0.263 e. The zero-order valence-corrected chi connectivity index (χ0v) is 12.4. The number of aliphatic hydroxyl groups excluding tert-OH is 1. The van der Waals surface area contributed by atoms with Crippen LogP contribution in [0.15, 0.2) is 41.4 Å². The van der Waals surface area contributed by atoms with Crippen LogP contribution in [0.25, 0.3) is 0 Å². The number of benzene rings is 1. The fourth-order valence-corrected chi connectivity index (χ4v) is 2.85. The highest BCUT2D eigenvalue weighted by Gasteiger charge is 2.16. The van der Waals surface area contributed by atoms with E-state index in [2.05, 4.69) is 9.71 Å². The maximum atomic E-state index is 12.1. The van der Waals surface area contributed by atoms with Crippen LogP contribution in [0, 0.1) is 0 Å². The molecular formula is C12H10Cl2N2O3S. The van der Waals surface area contributed by atoms with E-state index in [1.165, 1.54) is 12.1 Å². The Labute approximate surface area is 126 Å². The second-order valence-corrected chi connectivity index (χ2v) is 6.36. The second-order valence-electron chi connectivity index (χ2n) is 3.91. The molecule has 0 aliphatic carbocycles. The Morgan fingerprint density at radius 1 is 1.25 bits per heavy atom. The summed E-state index contributed by atoms with van der Waals surface area (Å²) in [5.74, 6) is 0. The molecule has 20 heavy (non-hydrogen) atoms. The normalized spacial score (nSPS) is 11.3. The molecule has 106 valence electrons. The van der Waals surface area contributed by atoms with Crippen LogP contribution in [-0.4, -0.2) is 18.5 Å². The van der Waals surface area contributed by atoms with Gasteiger partial charge in [0.1, 0.15) is 10.0 Å². The van der Waals surface area contributed by atoms with Gasteiger partial charge in [0.25, 0.3) is 10.0 Å². The van der Waals surface area contributed by atoms with Crippen LogP contribution in [0.5, 0.6) is 0 Å². The summed E-state index contributed by atoms with van der Waals surface area (Å²) in [6.07, 6.45) is 1.12. The van der Waals surface area contributed by atoms with Crippen molar-refractivity contribution in [2.75, 3.05) is 4.72 Å². The average Bonchev–Trinajstić information content (AvgIpc) is 2.41. The molecule has 0 aliphatic rings. The first-order valence-electron chi connectivity index (χ1n) is 5.46. The minimum atomic E-state index is -3.81. The Hall–Kier alpha value is -1.34. The summed E-state index contributed by atoms with van der Waals surface area (Å²) in [7, 11) is -3.81. The zero-order valence-electron chi connectivity index (χ0n) is 10.0. The van der Waals surface area contributed by atoms with Gasteiger partial charge in [0.15, 0.2) is 0 Å². The van der Waals surface area contributed by atoms with Crippen molar-refractivity contribution in [3.05, 3.63) is 52.3 Å². The van der Waals surface area contributed by atoms with E-state index in [-0.39, 0.29) is 21.7 Å². The Kier molecular flexibility index (Phi) is 4.49. The van der Waals surface area contributed by atoms with Gasteiger partial charge in [-0.05, 0) is 23.8 Å². The lowest BCUT2D eigenvalue weighted by Gasteiger charge is -2.09. The topological polar surface area (TPSA) is 79.3 Å². The average molecular weight is 333 g/mol. The summed E-state index contributed by atoms with van der Waals surface area (Å²) < 4.78 is 26.7. The summed E-state index contributed by atoms with van der Waals surface area (Å²) in [5, 5.41) is 9.11. The van der Waals surface area contributed by atoms with Crippen LogP contribution in [0.4, 0.5) is 5.69 Å². The molecule has 1 heterocycles. The highest BCUT2D eigenvalue weighted by atomic mass is 35.5. The Morgan fingerprint density at radius 3 is 2.65 bits per heavy atom. The molecule has 0 fully saturated rings. The van der Waals surface area contributed by atoms with Crippen LogP contribution in [0.1, 0.15) is 5.56 Å². The SMILES string of the molecule is O=S(=O)(Nc1cccc(CO)c1)c1cnc(Cl)c(Cl)c1. The molecular weight excluding hydrogens is 323 g/mol. The van der Waals surface area contributed by atoms with Gasteiger partial charge < -0.3 is 5.11 Å². The fraction of sp³-hybridized carbons (Fsp3) is 0.0833. The van der Waals surface area contributed by atoms with E-state index in [0.29, 0.717) is 11.3 Å². The number of anilines is 1. The molecule has 1 aromatic carbocycles. The third kappa shape index (κ3) is 3.40. The number of pyridine rings is 1. The molecule has 8 heteroatoms. The van der Waals surface area contributed by atoms with Gasteiger partial charge in [-0.3, -0.25) is 4.72 Å². The molecule has 1 aromatic heterocycles. The van der Waals surface area contributed by atoms with Crippen molar-refractivity contribution in [1.29, 1.82) is 0 Å². The van der Waals surface area contributed by atoms with Gasteiger partial charge in [0, 0.05) is 11.9 Å². The zero-order chi connectivity index (χ0) is 14.8. The van der Waals surface area contributed by atoms with E-state index in [4.69, 9.17) is 28.3 Å². The predicted molar refractivity (Wildman–Crippen MR) is 77.4 cm³/mol. The van der Waals surface area contributed by atoms with Crippen LogP contribution in [0.3, 0.4) is 0 Å². The predicted octanol–water partition coefficient (Wildman–Crippen LogP) is 2.68. The first kappa shape index (κ1) is 15.1. The van der Waals surface area contributed by atoms with Crippen LogP contribution < -0.4 is 4.72 Å². The lowest BCUT2D eigenvalue weighted by atomic mass is 10.2. The quantitative estimate of drug-likeness (QED) is 0.843. The minimum absolute atomic E-state index is 0.0351. The molecule has 2 aromatic rings. The van der Waals surface area contributed by atoms with Crippen molar-refractivity contribution in [2.24, 2.45) is 0 Å². The molecule has 0 saturated carbocycles. The fourth-order valence-electron chi connectivity index (χ4n) is 1.50. The van der Waals surface area contributed by atoms with Crippen LogP contribution in [-0.2, 0) is 16.6 Å². The number of aliphatic hydroxyl groups is 1. The number of hydrogen-bond acceptors (Lipinski definition) is 4. The Bertz CT molecular complexity index is 735. The van der Waals surface area contributed by atoms with Gasteiger partial charge in [-0.2, -0.15) is 0 Å². The molecule has 2 N–H and O–H groups in total. The summed E-state index contributed by atoms with van der Waals surface area (Å²) in [6, 6.07) is 7.63. The molecule has 0 aliphatic heterocycles. The molecule has 0 saturated heterocycles. The number of rotatable bonds is 4. The Balaban J connectivity index is 2.32. The largest absolute Gasteiger partial charge is 0.392 e. The van der Waals surface area contributed by atoms with Crippen molar-refractivity contribution in [3.8, 4) is 0 Å². The van der Waals surface area contributed by atoms with Gasteiger partial charge in [0.05, 0.1) is 11.6 Å². The molecule has 0 amide bonds. The van der Waals surface area contributed by atoms with Gasteiger partial charge >= 0.3 is 0 Å². The number of halogens is 2. The second kappa shape index (κ2) is 5.97. The minimum Gasteiger partial charge on any atom is -0.392 e. The highest BCUT2D eigenvalue weighted by molar-refractivity contribution is 7.92. The van der Waals surface area contributed by atoms with Crippen LogP contribution in [0.2, 0.25) is 10.2 Å². The van der Waals surface area contributed by atoms with Crippen molar-refractivity contribution in [1.82, 2.24) is 4.98 Å². The molecule has 5 nitrogen and oxygen atoms in total. The number of nitrogens with zero attached hydrogens (tertiary/aromatic N) is 1. The van der Waals surface area contributed by atoms with E-state index in [1.807, 2.05) is 0 Å². The third-order valence-corrected chi connectivity index (χ3v) is 4.48. The van der Waals surface area contributed by atoms with Gasteiger partial charge in [0.2, 0.25) is 0 Å². The van der Waals surface area contributed by atoms with Crippen LogP contribution >= 0.6 is 23.2 Å². The molecule has 0 atom stereocenters. The molecule has 2 rings (SSSR count). The standard InChI is InChI=1S/C12H10Cl2N2O3S/c13-11-5-10(6-15-12(11)14)20(18,19)16-9-3-1-2-8(4-9)7-17/h1-6,16-17H,7H2. The van der Waals surface area contributed by atoms with Crippen molar-refractivity contribution >= 4 is 38.9 Å². The number of sulfonamides is 1. The Morgan fingerprint density at radius 2 is 2.00 bits per heavy atom. The maximum absolute atomic E-state index is 12.1. The van der Waals surface area contributed by atoms with E-state index in [0.717, 1.165) is 6.20 Å². The van der Waals surface area contributed by atoms with E-state index >= 15 is 0 Å². The van der Waals surface area contributed by atoms with Crippen molar-refractivity contribution < 1.29 is 13.5 Å². The van der Waals surface area contributed by atoms with E-state index in [9.17, 15) is 8.42 Å². The number of aromatic nitrogens is 1. The first-order valence-corrected chi connectivity index (χ1v) is 7.70. The van der Waals surface area contributed by atoms with Gasteiger partial charge in [-0.15, -0.1) is 0 Å². The maximum Gasteiger partial charge on any atom is 0.263 e. The van der Waals surface area contributed by atoms with Crippen molar-refractivity contribution in [2.45, 2.75) is 11.5 Å². The summed E-state index contributed by atoms with van der Waals surface area (Å²) in [5.41, 5.74) is 0.931. The number of nitrogens with one attached hydrogen (secondary N) is 1. The third-order valence-electron chi connectivity index (χ3n) is 2.44. The van der Waals surface area contributed by atoms with Crippen molar-refractivity contribution in [3.63, 3.8) is 0 Å². The number of hydrogen-bond donors (Lipinski definition) is 2. The molecule has 0 bridgehead atoms. The van der Waals surface area contributed by atoms with E-state index in [1.54, 1.807) is 18.2 Å². The van der Waals surface area contributed by atoms with Gasteiger partial charge in [-0.25, -0.2) is 13.4 Å². The molecule has 0 spiro atoms. The monoisotopic (exact) mass is 332 g/mol. The summed E-state index contributed by atoms with van der Waals surface area (Å²) >= 11 is 11.4. The summed E-state index contributed by atoms with van der Waals surface area (Å²) in [4.78, 5) is 3.60. The highest BCUT2D eigenvalue weighted by Crippen LogP contribution is 2.23. The van der Waals surface area contributed by atoms with E-state index < -0.39 is 10.0 Å². The lowest BCUT2D eigenvalue weighted by Crippen LogP contribution is -2.13. The van der Waals surface area contributed by atoms with Gasteiger partial charge in [-0.1, -0.05) is 35.3 Å². The first-order chi connectivity index (χ1) is 9.42.